The molecule has 2 aliphatic rings. The Morgan fingerprint density at radius 1 is 1.26 bits per heavy atom. The molecule has 0 bridgehead atoms. The lowest BCUT2D eigenvalue weighted by Gasteiger charge is -2.46. The van der Waals surface area contributed by atoms with Gasteiger partial charge in [0, 0.05) is 20.1 Å². The molecule has 1 spiro atoms. The lowest BCUT2D eigenvalue weighted by Crippen LogP contribution is -2.57. The molecule has 1 N–H and O–H groups in total. The summed E-state index contributed by atoms with van der Waals surface area (Å²) < 4.78 is 0. The maximum atomic E-state index is 12.4. The number of carbonyl (C=O) groups is 1. The van der Waals surface area contributed by atoms with Crippen LogP contribution in [-0.2, 0) is 0 Å². The first-order valence-corrected chi connectivity index (χ1v) is 8.86. The van der Waals surface area contributed by atoms with Crippen LogP contribution >= 0.6 is 0 Å². The Morgan fingerprint density at radius 3 is 2.52 bits per heavy atom. The summed E-state index contributed by atoms with van der Waals surface area (Å²) in [6.45, 7) is 6.10. The summed E-state index contributed by atoms with van der Waals surface area (Å²) in [5.74, 6) is 1.18. The fraction of sp³-hybridized carbons (Fsp3) is 0.632. The zero-order valence-corrected chi connectivity index (χ0v) is 14.6. The Kier molecular flexibility index (Phi) is 4.62. The summed E-state index contributed by atoms with van der Waals surface area (Å²) in [5.41, 5.74) is 1.42. The average Bonchev–Trinajstić information content (AvgIpc) is 2.85. The molecule has 0 unspecified atom stereocenters. The maximum Gasteiger partial charge on any atom is 0.332 e. The highest BCUT2D eigenvalue weighted by Gasteiger charge is 2.49. The van der Waals surface area contributed by atoms with Gasteiger partial charge < -0.3 is 5.32 Å². The molecule has 1 aliphatic heterocycles. The van der Waals surface area contributed by atoms with E-state index in [-0.39, 0.29) is 11.6 Å². The molecule has 126 valence electrons. The SMILES string of the molecule is CC(C)CN(C)N1C(=O)NCC12CCC(c1ccccc1)CC2. The van der Waals surface area contributed by atoms with E-state index in [9.17, 15) is 4.79 Å². The molecule has 0 aromatic heterocycles. The number of hydrogen-bond donors (Lipinski definition) is 1. The second-order valence-corrected chi connectivity index (χ2v) is 7.61. The number of nitrogens with zero attached hydrogens (tertiary/aromatic N) is 2. The predicted octanol–water partition coefficient (Wildman–Crippen LogP) is 3.61. The Hall–Kier alpha value is -1.55. The molecular formula is C19H29N3O. The minimum Gasteiger partial charge on any atom is -0.334 e. The molecule has 0 atom stereocenters. The molecule has 1 heterocycles. The topological polar surface area (TPSA) is 35.6 Å². The van der Waals surface area contributed by atoms with Gasteiger partial charge >= 0.3 is 6.03 Å². The van der Waals surface area contributed by atoms with Crippen LogP contribution in [0.2, 0.25) is 0 Å². The third-order valence-electron chi connectivity index (χ3n) is 5.37. The number of rotatable bonds is 4. The standard InChI is InChI=1S/C19H29N3O/c1-15(2)13-21(3)22-18(23)20-14-19(22)11-9-17(10-12-19)16-7-5-4-6-8-16/h4-8,15,17H,9-14H2,1-3H3,(H,20,23). The third kappa shape index (κ3) is 3.23. The van der Waals surface area contributed by atoms with Crippen molar-refractivity contribution in [3.8, 4) is 0 Å². The molecule has 1 saturated heterocycles. The van der Waals surface area contributed by atoms with Crippen molar-refractivity contribution in [2.24, 2.45) is 5.92 Å². The van der Waals surface area contributed by atoms with E-state index in [0.717, 1.165) is 38.8 Å². The van der Waals surface area contributed by atoms with Crippen molar-refractivity contribution >= 4 is 6.03 Å². The minimum atomic E-state index is -0.0218. The van der Waals surface area contributed by atoms with E-state index in [2.05, 4.69) is 61.6 Å². The number of benzene rings is 1. The summed E-state index contributed by atoms with van der Waals surface area (Å²) in [6, 6.07) is 10.9. The van der Waals surface area contributed by atoms with Crippen molar-refractivity contribution < 1.29 is 4.79 Å². The van der Waals surface area contributed by atoms with Gasteiger partial charge in [-0.05, 0) is 43.1 Å². The van der Waals surface area contributed by atoms with Crippen LogP contribution in [0.15, 0.2) is 30.3 Å². The molecule has 2 fully saturated rings. The molecular weight excluding hydrogens is 286 g/mol. The van der Waals surface area contributed by atoms with E-state index in [0.29, 0.717) is 11.8 Å². The predicted molar refractivity (Wildman–Crippen MR) is 93.1 cm³/mol. The van der Waals surface area contributed by atoms with Crippen LogP contribution in [-0.4, -0.2) is 41.7 Å². The maximum absolute atomic E-state index is 12.4. The van der Waals surface area contributed by atoms with Gasteiger partial charge in [0.25, 0.3) is 0 Å². The summed E-state index contributed by atoms with van der Waals surface area (Å²) in [5, 5.41) is 7.24. The second-order valence-electron chi connectivity index (χ2n) is 7.61. The lowest BCUT2D eigenvalue weighted by atomic mass is 9.74. The third-order valence-corrected chi connectivity index (χ3v) is 5.37. The van der Waals surface area contributed by atoms with Crippen molar-refractivity contribution in [2.75, 3.05) is 20.1 Å². The van der Waals surface area contributed by atoms with E-state index in [1.54, 1.807) is 0 Å². The molecule has 23 heavy (non-hydrogen) atoms. The number of urea groups is 1. The van der Waals surface area contributed by atoms with Gasteiger partial charge in [-0.1, -0.05) is 44.2 Å². The number of carbonyl (C=O) groups excluding carboxylic acids is 1. The Labute approximate surface area is 139 Å². The van der Waals surface area contributed by atoms with Crippen LogP contribution in [0.5, 0.6) is 0 Å². The molecule has 4 nitrogen and oxygen atoms in total. The first-order valence-electron chi connectivity index (χ1n) is 8.86. The highest BCUT2D eigenvalue weighted by atomic mass is 16.2. The zero-order chi connectivity index (χ0) is 16.4. The lowest BCUT2D eigenvalue weighted by molar-refractivity contribution is -0.0496. The molecule has 2 amide bonds. The van der Waals surface area contributed by atoms with Gasteiger partial charge in [0.05, 0.1) is 5.54 Å². The van der Waals surface area contributed by atoms with E-state index in [1.807, 2.05) is 5.01 Å². The minimum absolute atomic E-state index is 0.0218. The van der Waals surface area contributed by atoms with Gasteiger partial charge in [-0.3, -0.25) is 0 Å². The Balaban J connectivity index is 1.71. The number of hydrazine groups is 1. The fourth-order valence-corrected chi connectivity index (χ4v) is 4.33. The van der Waals surface area contributed by atoms with Crippen LogP contribution in [0.3, 0.4) is 0 Å². The molecule has 1 saturated carbocycles. The van der Waals surface area contributed by atoms with Crippen LogP contribution in [0.4, 0.5) is 4.79 Å². The second kappa shape index (κ2) is 6.52. The van der Waals surface area contributed by atoms with Crippen LogP contribution in [0.1, 0.15) is 51.0 Å². The van der Waals surface area contributed by atoms with E-state index in [1.165, 1.54) is 5.56 Å². The van der Waals surface area contributed by atoms with Crippen LogP contribution < -0.4 is 5.32 Å². The average molecular weight is 315 g/mol. The van der Waals surface area contributed by atoms with Gasteiger partial charge in [0.2, 0.25) is 0 Å². The summed E-state index contributed by atoms with van der Waals surface area (Å²) >= 11 is 0. The van der Waals surface area contributed by atoms with E-state index >= 15 is 0 Å². The summed E-state index contributed by atoms with van der Waals surface area (Å²) in [6.07, 6.45) is 4.47. The van der Waals surface area contributed by atoms with Crippen molar-refractivity contribution in [3.63, 3.8) is 0 Å². The molecule has 0 radical (unpaired) electrons. The Morgan fingerprint density at radius 2 is 1.91 bits per heavy atom. The van der Waals surface area contributed by atoms with Crippen molar-refractivity contribution in [1.82, 2.24) is 15.3 Å². The molecule has 4 heteroatoms. The van der Waals surface area contributed by atoms with Gasteiger partial charge in [0.15, 0.2) is 0 Å². The van der Waals surface area contributed by atoms with Crippen LogP contribution in [0.25, 0.3) is 0 Å². The zero-order valence-electron chi connectivity index (χ0n) is 14.6. The number of hydrogen-bond acceptors (Lipinski definition) is 2. The van der Waals surface area contributed by atoms with Gasteiger partial charge in [-0.25, -0.2) is 14.8 Å². The smallest absolute Gasteiger partial charge is 0.332 e. The molecule has 1 aliphatic carbocycles. The summed E-state index contributed by atoms with van der Waals surface area (Å²) in [7, 11) is 2.05. The van der Waals surface area contributed by atoms with Crippen molar-refractivity contribution in [1.29, 1.82) is 0 Å². The first kappa shape index (κ1) is 16.3. The van der Waals surface area contributed by atoms with E-state index in [4.69, 9.17) is 0 Å². The number of nitrogens with one attached hydrogen (secondary N) is 1. The monoisotopic (exact) mass is 315 g/mol. The molecule has 1 aromatic rings. The normalized spacial score (nSPS) is 28.0. The fourth-order valence-electron chi connectivity index (χ4n) is 4.33. The largest absolute Gasteiger partial charge is 0.334 e. The van der Waals surface area contributed by atoms with Gasteiger partial charge in [0.1, 0.15) is 0 Å². The molecule has 3 rings (SSSR count). The highest BCUT2D eigenvalue weighted by Crippen LogP contribution is 2.43. The molecule has 1 aromatic carbocycles. The summed E-state index contributed by atoms with van der Waals surface area (Å²) in [4.78, 5) is 12.4. The quantitative estimate of drug-likeness (QED) is 0.921. The van der Waals surface area contributed by atoms with Gasteiger partial charge in [-0.2, -0.15) is 0 Å². The van der Waals surface area contributed by atoms with Crippen molar-refractivity contribution in [3.05, 3.63) is 35.9 Å². The Bertz CT molecular complexity index is 535. The number of amides is 2. The van der Waals surface area contributed by atoms with Gasteiger partial charge in [-0.15, -0.1) is 0 Å². The van der Waals surface area contributed by atoms with Crippen LogP contribution in [0, 0.1) is 5.92 Å². The van der Waals surface area contributed by atoms with E-state index < -0.39 is 0 Å². The first-order chi connectivity index (χ1) is 11.0. The highest BCUT2D eigenvalue weighted by molar-refractivity contribution is 5.77. The van der Waals surface area contributed by atoms with Crippen molar-refractivity contribution in [2.45, 2.75) is 51.0 Å².